The van der Waals surface area contributed by atoms with Crippen molar-refractivity contribution in [2.75, 3.05) is 25.0 Å². The number of hydrogen-bond donors (Lipinski definition) is 1. The fourth-order valence-electron chi connectivity index (χ4n) is 2.90. The van der Waals surface area contributed by atoms with Gasteiger partial charge in [0.05, 0.1) is 0 Å². The minimum Gasteiger partial charge on any atom is -0.444 e. The van der Waals surface area contributed by atoms with Gasteiger partial charge in [0.1, 0.15) is 11.9 Å². The summed E-state index contributed by atoms with van der Waals surface area (Å²) in [6.45, 7) is 3.04. The quantitative estimate of drug-likeness (QED) is 0.892. The van der Waals surface area contributed by atoms with Gasteiger partial charge in [0.25, 0.3) is 0 Å². The third-order valence-corrected chi connectivity index (χ3v) is 3.93. The molecule has 102 valence electrons. The van der Waals surface area contributed by atoms with E-state index in [0.717, 1.165) is 32.5 Å². The number of anilines is 1. The predicted octanol–water partition coefficient (Wildman–Crippen LogP) is 2.47. The third-order valence-electron chi connectivity index (χ3n) is 3.93. The maximum Gasteiger partial charge on any atom is 0.411 e. The summed E-state index contributed by atoms with van der Waals surface area (Å²) in [7, 11) is 0. The number of nitrogens with one attached hydrogen (secondary N) is 1. The summed E-state index contributed by atoms with van der Waals surface area (Å²) < 4.78 is 18.5. The summed E-state index contributed by atoms with van der Waals surface area (Å²) in [5.74, 6) is 0.101. The second-order valence-corrected chi connectivity index (χ2v) is 5.22. The van der Waals surface area contributed by atoms with Gasteiger partial charge in [-0.2, -0.15) is 0 Å². The minimum atomic E-state index is -0.496. The van der Waals surface area contributed by atoms with Gasteiger partial charge in [0.2, 0.25) is 0 Å². The molecule has 1 aromatic rings. The Labute approximate surface area is 111 Å². The molecule has 0 saturated carbocycles. The second-order valence-electron chi connectivity index (χ2n) is 5.22. The SMILES string of the molecule is O=C(Nc1cccc(F)c1)OC1CN2CCC1CC2. The maximum atomic E-state index is 13.0. The zero-order chi connectivity index (χ0) is 13.2. The van der Waals surface area contributed by atoms with Crippen LogP contribution in [-0.2, 0) is 4.74 Å². The molecule has 3 aliphatic heterocycles. The van der Waals surface area contributed by atoms with E-state index in [0.29, 0.717) is 11.6 Å². The van der Waals surface area contributed by atoms with Gasteiger partial charge in [-0.3, -0.25) is 10.2 Å². The van der Waals surface area contributed by atoms with Gasteiger partial charge in [-0.15, -0.1) is 0 Å². The third kappa shape index (κ3) is 2.87. The van der Waals surface area contributed by atoms with Gasteiger partial charge in [-0.25, -0.2) is 9.18 Å². The second kappa shape index (κ2) is 5.17. The number of benzene rings is 1. The van der Waals surface area contributed by atoms with Gasteiger partial charge in [-0.1, -0.05) is 6.07 Å². The van der Waals surface area contributed by atoms with E-state index in [9.17, 15) is 9.18 Å². The standard InChI is InChI=1S/C14H17FN2O2/c15-11-2-1-3-12(8-11)16-14(18)19-13-9-17-6-4-10(13)5-7-17/h1-3,8,10,13H,4-7,9H2,(H,16,18). The molecule has 1 unspecified atom stereocenters. The van der Waals surface area contributed by atoms with Gasteiger partial charge in [0, 0.05) is 12.2 Å². The zero-order valence-corrected chi connectivity index (χ0v) is 10.6. The van der Waals surface area contributed by atoms with Crippen LogP contribution >= 0.6 is 0 Å². The van der Waals surface area contributed by atoms with Crippen LogP contribution < -0.4 is 5.32 Å². The number of halogens is 1. The first-order valence-corrected chi connectivity index (χ1v) is 6.66. The summed E-state index contributed by atoms with van der Waals surface area (Å²) in [6.07, 6.45) is 1.66. The van der Waals surface area contributed by atoms with Crippen molar-refractivity contribution < 1.29 is 13.9 Å². The molecule has 3 saturated heterocycles. The minimum absolute atomic E-state index is 0.0314. The molecule has 3 aliphatic rings. The van der Waals surface area contributed by atoms with Crippen molar-refractivity contribution in [3.05, 3.63) is 30.1 Å². The number of carbonyl (C=O) groups excluding carboxylic acids is 1. The van der Waals surface area contributed by atoms with Gasteiger partial charge >= 0.3 is 6.09 Å². The number of nitrogens with zero attached hydrogens (tertiary/aromatic N) is 1. The monoisotopic (exact) mass is 264 g/mol. The van der Waals surface area contributed by atoms with E-state index in [4.69, 9.17) is 4.74 Å². The molecule has 1 aromatic carbocycles. The molecule has 0 aliphatic carbocycles. The molecule has 1 N–H and O–H groups in total. The summed E-state index contributed by atoms with van der Waals surface area (Å²) in [4.78, 5) is 14.1. The lowest BCUT2D eigenvalue weighted by atomic mass is 9.86. The Hall–Kier alpha value is -1.62. The highest BCUT2D eigenvalue weighted by molar-refractivity contribution is 5.84. The first-order valence-electron chi connectivity index (χ1n) is 6.66. The Morgan fingerprint density at radius 2 is 2.16 bits per heavy atom. The van der Waals surface area contributed by atoms with E-state index in [2.05, 4.69) is 10.2 Å². The van der Waals surface area contributed by atoms with Crippen molar-refractivity contribution in [1.82, 2.24) is 4.90 Å². The number of fused-ring (bicyclic) bond motifs is 3. The number of amides is 1. The van der Waals surface area contributed by atoms with Crippen LogP contribution in [-0.4, -0.2) is 36.7 Å². The van der Waals surface area contributed by atoms with Gasteiger partial charge in [-0.05, 0) is 50.0 Å². The summed E-state index contributed by atoms with van der Waals surface area (Å²) >= 11 is 0. The normalized spacial score (nSPS) is 29.0. The molecule has 3 heterocycles. The molecule has 19 heavy (non-hydrogen) atoms. The van der Waals surface area contributed by atoms with E-state index < -0.39 is 6.09 Å². The average molecular weight is 264 g/mol. The van der Waals surface area contributed by atoms with Crippen LogP contribution in [0.4, 0.5) is 14.9 Å². The maximum absolute atomic E-state index is 13.0. The van der Waals surface area contributed by atoms with Crippen LogP contribution in [0.1, 0.15) is 12.8 Å². The van der Waals surface area contributed by atoms with Crippen molar-refractivity contribution in [3.63, 3.8) is 0 Å². The van der Waals surface area contributed by atoms with Crippen molar-refractivity contribution in [2.45, 2.75) is 18.9 Å². The largest absolute Gasteiger partial charge is 0.444 e. The van der Waals surface area contributed by atoms with Gasteiger partial charge in [0.15, 0.2) is 0 Å². The molecular formula is C14H17FN2O2. The molecule has 2 bridgehead atoms. The Morgan fingerprint density at radius 3 is 2.79 bits per heavy atom. The predicted molar refractivity (Wildman–Crippen MR) is 69.5 cm³/mol. The first kappa shape index (κ1) is 12.4. The molecule has 1 amide bonds. The van der Waals surface area contributed by atoms with E-state index in [1.807, 2.05) is 0 Å². The van der Waals surface area contributed by atoms with E-state index in [1.165, 1.54) is 12.1 Å². The van der Waals surface area contributed by atoms with Crippen molar-refractivity contribution in [1.29, 1.82) is 0 Å². The molecule has 4 nitrogen and oxygen atoms in total. The lowest BCUT2D eigenvalue weighted by molar-refractivity contribution is -0.0289. The highest BCUT2D eigenvalue weighted by Crippen LogP contribution is 2.29. The number of hydrogen-bond acceptors (Lipinski definition) is 3. The highest BCUT2D eigenvalue weighted by atomic mass is 19.1. The van der Waals surface area contributed by atoms with Crippen molar-refractivity contribution >= 4 is 11.8 Å². The van der Waals surface area contributed by atoms with E-state index in [1.54, 1.807) is 12.1 Å². The van der Waals surface area contributed by atoms with Crippen LogP contribution in [0.25, 0.3) is 0 Å². The summed E-state index contributed by atoms with van der Waals surface area (Å²) in [5, 5.41) is 2.57. The Kier molecular flexibility index (Phi) is 3.38. The van der Waals surface area contributed by atoms with Crippen LogP contribution in [0.3, 0.4) is 0 Å². The molecule has 0 radical (unpaired) electrons. The van der Waals surface area contributed by atoms with Crippen LogP contribution in [0.5, 0.6) is 0 Å². The molecule has 3 fully saturated rings. The number of ether oxygens (including phenoxy) is 1. The molecule has 0 spiro atoms. The zero-order valence-electron chi connectivity index (χ0n) is 10.6. The number of piperidine rings is 3. The molecule has 4 rings (SSSR count). The topological polar surface area (TPSA) is 41.6 Å². The Bertz CT molecular complexity index is 472. The van der Waals surface area contributed by atoms with Crippen LogP contribution in [0.15, 0.2) is 24.3 Å². The van der Waals surface area contributed by atoms with Gasteiger partial charge < -0.3 is 4.74 Å². The van der Waals surface area contributed by atoms with E-state index in [-0.39, 0.29) is 11.9 Å². The molecule has 1 atom stereocenters. The Balaban J connectivity index is 1.57. The molecule has 0 aromatic heterocycles. The van der Waals surface area contributed by atoms with Crippen molar-refractivity contribution in [2.24, 2.45) is 5.92 Å². The fraction of sp³-hybridized carbons (Fsp3) is 0.500. The summed E-state index contributed by atoms with van der Waals surface area (Å²) in [5.41, 5.74) is 0.422. The number of rotatable bonds is 2. The van der Waals surface area contributed by atoms with Crippen molar-refractivity contribution in [3.8, 4) is 0 Å². The summed E-state index contributed by atoms with van der Waals surface area (Å²) in [6, 6.07) is 5.81. The smallest absolute Gasteiger partial charge is 0.411 e. The number of carbonyl (C=O) groups is 1. The molecule has 5 heteroatoms. The lowest BCUT2D eigenvalue weighted by Gasteiger charge is -2.43. The average Bonchev–Trinajstić information content (AvgIpc) is 2.40. The lowest BCUT2D eigenvalue weighted by Crippen LogP contribution is -2.52. The Morgan fingerprint density at radius 1 is 1.37 bits per heavy atom. The fourth-order valence-corrected chi connectivity index (χ4v) is 2.90. The first-order chi connectivity index (χ1) is 9.20. The highest BCUT2D eigenvalue weighted by Gasteiger charge is 2.36. The van der Waals surface area contributed by atoms with Crippen LogP contribution in [0.2, 0.25) is 0 Å². The molecular weight excluding hydrogens is 247 g/mol. The van der Waals surface area contributed by atoms with E-state index >= 15 is 0 Å². The van der Waals surface area contributed by atoms with Crippen LogP contribution in [0, 0.1) is 11.7 Å².